The number of amides is 1. The lowest BCUT2D eigenvalue weighted by Crippen LogP contribution is -2.43. The Hall–Kier alpha value is -1.03. The summed E-state index contributed by atoms with van der Waals surface area (Å²) in [5, 5.41) is 4.16. The molecule has 0 bridgehead atoms. The van der Waals surface area contributed by atoms with E-state index in [-0.39, 0.29) is 11.3 Å². The van der Waals surface area contributed by atoms with Crippen LogP contribution in [0.15, 0.2) is 6.20 Å². The van der Waals surface area contributed by atoms with E-state index in [9.17, 15) is 4.79 Å². The van der Waals surface area contributed by atoms with Crippen LogP contribution in [0.1, 0.15) is 29.4 Å². The van der Waals surface area contributed by atoms with Crippen molar-refractivity contribution in [3.05, 3.63) is 17.5 Å². The van der Waals surface area contributed by atoms with Crippen LogP contribution in [-0.2, 0) is 7.05 Å². The average Bonchev–Trinajstić information content (AvgIpc) is 2.63. The van der Waals surface area contributed by atoms with Gasteiger partial charge in [0.1, 0.15) is 0 Å². The normalized spacial score (nSPS) is 25.1. The molecule has 1 aliphatic heterocycles. The van der Waals surface area contributed by atoms with Gasteiger partial charge in [0.2, 0.25) is 0 Å². The Bertz CT molecular complexity index is 429. The number of halogens is 1. The van der Waals surface area contributed by atoms with Gasteiger partial charge >= 0.3 is 0 Å². The van der Waals surface area contributed by atoms with Gasteiger partial charge in [0, 0.05) is 25.8 Å². The van der Waals surface area contributed by atoms with E-state index in [1.54, 1.807) is 10.9 Å². The first-order valence-electron chi connectivity index (χ1n) is 5.92. The first-order chi connectivity index (χ1) is 8.00. The zero-order valence-electron chi connectivity index (χ0n) is 10.5. The minimum absolute atomic E-state index is 0.0492. The summed E-state index contributed by atoms with van der Waals surface area (Å²) < 4.78 is 1.72. The van der Waals surface area contributed by atoms with Gasteiger partial charge in [-0.1, -0.05) is 6.92 Å². The number of carbonyl (C=O) groups is 1. The van der Waals surface area contributed by atoms with Crippen molar-refractivity contribution in [2.45, 2.75) is 25.6 Å². The number of rotatable bonds is 1. The summed E-state index contributed by atoms with van der Waals surface area (Å²) in [6.07, 6.45) is 2.61. The molecule has 0 N–H and O–H groups in total. The molecular weight excluding hydrogens is 238 g/mol. The number of piperidine rings is 1. The molecule has 0 saturated carbocycles. The van der Waals surface area contributed by atoms with Crippen LogP contribution in [0.3, 0.4) is 0 Å². The van der Waals surface area contributed by atoms with Gasteiger partial charge in [-0.25, -0.2) is 0 Å². The highest BCUT2D eigenvalue weighted by atomic mass is 35.5. The van der Waals surface area contributed by atoms with Gasteiger partial charge in [-0.15, -0.1) is 11.6 Å². The van der Waals surface area contributed by atoms with Crippen LogP contribution >= 0.6 is 11.6 Å². The zero-order valence-corrected chi connectivity index (χ0v) is 11.2. The van der Waals surface area contributed by atoms with Crippen molar-refractivity contribution in [3.8, 4) is 0 Å². The second kappa shape index (κ2) is 4.69. The molecule has 5 heteroatoms. The van der Waals surface area contributed by atoms with E-state index >= 15 is 0 Å². The molecular formula is C12H18ClN3O. The van der Waals surface area contributed by atoms with E-state index < -0.39 is 0 Å². The maximum atomic E-state index is 12.3. The summed E-state index contributed by atoms with van der Waals surface area (Å²) in [4.78, 5) is 14.1. The maximum Gasteiger partial charge on any atom is 0.257 e. The van der Waals surface area contributed by atoms with Crippen molar-refractivity contribution in [1.82, 2.24) is 14.7 Å². The van der Waals surface area contributed by atoms with Crippen LogP contribution in [0.4, 0.5) is 0 Å². The quantitative estimate of drug-likeness (QED) is 0.718. The monoisotopic (exact) mass is 255 g/mol. The van der Waals surface area contributed by atoms with Gasteiger partial charge in [0.15, 0.2) is 0 Å². The molecule has 4 nitrogen and oxygen atoms in total. The summed E-state index contributed by atoms with van der Waals surface area (Å²) in [6.45, 7) is 5.47. The van der Waals surface area contributed by atoms with Gasteiger partial charge in [-0.3, -0.25) is 9.48 Å². The number of alkyl halides is 1. The van der Waals surface area contributed by atoms with Gasteiger partial charge in [-0.05, 0) is 19.3 Å². The molecule has 2 unspecified atom stereocenters. The van der Waals surface area contributed by atoms with Crippen LogP contribution in [0.2, 0.25) is 0 Å². The van der Waals surface area contributed by atoms with Gasteiger partial charge in [0.05, 0.1) is 17.1 Å². The number of likely N-dealkylation sites (tertiary alicyclic amines) is 1. The lowest BCUT2D eigenvalue weighted by atomic mass is 9.98. The van der Waals surface area contributed by atoms with E-state index in [2.05, 4.69) is 12.0 Å². The maximum absolute atomic E-state index is 12.3. The number of nitrogens with zero attached hydrogens (tertiary/aromatic N) is 3. The van der Waals surface area contributed by atoms with Gasteiger partial charge in [-0.2, -0.15) is 5.10 Å². The molecule has 1 saturated heterocycles. The first kappa shape index (κ1) is 12.4. The number of hydrogen-bond donors (Lipinski definition) is 0. The third-order valence-electron chi connectivity index (χ3n) is 3.62. The molecule has 94 valence electrons. The predicted octanol–water partition coefficient (Wildman–Crippen LogP) is 1.82. The van der Waals surface area contributed by atoms with Crippen LogP contribution < -0.4 is 0 Å². The fraction of sp³-hybridized carbons (Fsp3) is 0.667. The summed E-state index contributed by atoms with van der Waals surface area (Å²) in [7, 11) is 1.84. The fourth-order valence-electron chi connectivity index (χ4n) is 2.09. The Labute approximate surface area is 107 Å². The standard InChI is InChI=1S/C12H18ClN3O/c1-8-4-5-16(7-11(8)13)12(17)10-6-14-15(3)9(10)2/h6,8,11H,4-5,7H2,1-3H3. The molecule has 1 aromatic heterocycles. The smallest absolute Gasteiger partial charge is 0.257 e. The van der Waals surface area contributed by atoms with E-state index in [0.29, 0.717) is 18.0 Å². The van der Waals surface area contributed by atoms with E-state index in [0.717, 1.165) is 18.7 Å². The number of aromatic nitrogens is 2. The van der Waals surface area contributed by atoms with Crippen LogP contribution in [-0.4, -0.2) is 39.1 Å². The van der Waals surface area contributed by atoms with Crippen LogP contribution in [0.25, 0.3) is 0 Å². The zero-order chi connectivity index (χ0) is 12.6. The van der Waals surface area contributed by atoms with Gasteiger partial charge in [0.25, 0.3) is 5.91 Å². The van der Waals surface area contributed by atoms with E-state index in [1.165, 1.54) is 0 Å². The Morgan fingerprint density at radius 2 is 2.29 bits per heavy atom. The lowest BCUT2D eigenvalue weighted by molar-refractivity contribution is 0.0700. The molecule has 1 amide bonds. The molecule has 1 aliphatic rings. The Balaban J connectivity index is 2.13. The highest BCUT2D eigenvalue weighted by molar-refractivity contribution is 6.21. The molecule has 0 radical (unpaired) electrons. The van der Waals surface area contributed by atoms with Crippen LogP contribution in [0, 0.1) is 12.8 Å². The molecule has 2 heterocycles. The SMILES string of the molecule is Cc1c(C(=O)N2CCC(C)C(Cl)C2)cnn1C. The predicted molar refractivity (Wildman–Crippen MR) is 67.3 cm³/mol. The topological polar surface area (TPSA) is 38.1 Å². The Morgan fingerprint density at radius 1 is 1.59 bits per heavy atom. The van der Waals surface area contributed by atoms with E-state index in [1.807, 2.05) is 18.9 Å². The Morgan fingerprint density at radius 3 is 2.82 bits per heavy atom. The summed E-state index contributed by atoms with van der Waals surface area (Å²) in [5.74, 6) is 0.531. The number of carbonyl (C=O) groups excluding carboxylic acids is 1. The average molecular weight is 256 g/mol. The van der Waals surface area contributed by atoms with Crippen molar-refractivity contribution in [2.75, 3.05) is 13.1 Å². The van der Waals surface area contributed by atoms with Crippen molar-refractivity contribution in [1.29, 1.82) is 0 Å². The molecule has 1 aromatic rings. The largest absolute Gasteiger partial charge is 0.337 e. The molecule has 17 heavy (non-hydrogen) atoms. The molecule has 1 fully saturated rings. The minimum Gasteiger partial charge on any atom is -0.337 e. The lowest BCUT2D eigenvalue weighted by Gasteiger charge is -2.33. The summed E-state index contributed by atoms with van der Waals surface area (Å²) >= 11 is 6.22. The second-order valence-corrected chi connectivity index (χ2v) is 5.36. The third-order valence-corrected chi connectivity index (χ3v) is 4.19. The van der Waals surface area contributed by atoms with Gasteiger partial charge < -0.3 is 4.90 Å². The molecule has 2 rings (SSSR count). The molecule has 0 aromatic carbocycles. The second-order valence-electron chi connectivity index (χ2n) is 4.80. The van der Waals surface area contributed by atoms with Crippen molar-refractivity contribution in [3.63, 3.8) is 0 Å². The highest BCUT2D eigenvalue weighted by Crippen LogP contribution is 2.23. The summed E-state index contributed by atoms with van der Waals surface area (Å²) in [5.41, 5.74) is 1.59. The van der Waals surface area contributed by atoms with Crippen molar-refractivity contribution in [2.24, 2.45) is 13.0 Å². The van der Waals surface area contributed by atoms with E-state index in [4.69, 9.17) is 11.6 Å². The van der Waals surface area contributed by atoms with Crippen LogP contribution in [0.5, 0.6) is 0 Å². The number of hydrogen-bond acceptors (Lipinski definition) is 2. The van der Waals surface area contributed by atoms with Crippen molar-refractivity contribution < 1.29 is 4.79 Å². The van der Waals surface area contributed by atoms with Crippen molar-refractivity contribution >= 4 is 17.5 Å². The molecule has 0 aliphatic carbocycles. The highest BCUT2D eigenvalue weighted by Gasteiger charge is 2.29. The summed E-state index contributed by atoms with van der Waals surface area (Å²) in [6, 6.07) is 0. The minimum atomic E-state index is 0.0492. The third kappa shape index (κ3) is 2.32. The Kier molecular flexibility index (Phi) is 3.43. The molecule has 2 atom stereocenters. The fourth-order valence-corrected chi connectivity index (χ4v) is 2.38. The molecule has 0 spiro atoms. The first-order valence-corrected chi connectivity index (χ1v) is 6.36. The number of aryl methyl sites for hydroxylation is 1.